The molecule has 1 N–H and O–H groups in total. The fraction of sp³-hybridized carbons (Fsp3) is 1.00. The zero-order valence-corrected chi connectivity index (χ0v) is 12.0. The fourth-order valence-electron chi connectivity index (χ4n) is 3.06. The van der Waals surface area contributed by atoms with E-state index in [-0.39, 0.29) is 6.10 Å². The second-order valence-corrected chi connectivity index (χ2v) is 7.05. The number of hydrogen-bond donors (Lipinski definition) is 1. The molecule has 2 heteroatoms. The zero-order chi connectivity index (χ0) is 12.9. The van der Waals surface area contributed by atoms with Crippen LogP contribution < -0.4 is 0 Å². The third-order valence-corrected chi connectivity index (χ3v) is 3.58. The van der Waals surface area contributed by atoms with Gasteiger partial charge in [-0.25, -0.2) is 0 Å². The highest BCUT2D eigenvalue weighted by molar-refractivity contribution is 4.73. The summed E-state index contributed by atoms with van der Waals surface area (Å²) in [6.45, 7) is 10.8. The first-order valence-corrected chi connectivity index (χ1v) is 7.12. The third kappa shape index (κ3) is 7.05. The van der Waals surface area contributed by atoms with Crippen LogP contribution in [0.3, 0.4) is 0 Å². The summed E-state index contributed by atoms with van der Waals surface area (Å²) in [5.41, 5.74) is 0.373. The van der Waals surface area contributed by atoms with Crippen molar-refractivity contribution in [2.75, 3.05) is 13.2 Å². The Morgan fingerprint density at radius 1 is 1.24 bits per heavy atom. The summed E-state index contributed by atoms with van der Waals surface area (Å²) in [5, 5.41) is 10.1. The standard InChI is InChI=1S/C15H30O2/c1-12(11-15(2,3)4)9-14(16)10-13-5-7-17-8-6-13/h12-14,16H,5-11H2,1-4H3. The molecule has 0 aromatic rings. The number of rotatable bonds is 5. The van der Waals surface area contributed by atoms with Crippen LogP contribution in [0, 0.1) is 17.3 Å². The van der Waals surface area contributed by atoms with Gasteiger partial charge < -0.3 is 9.84 Å². The number of ether oxygens (including phenoxy) is 1. The molecular weight excluding hydrogens is 212 g/mol. The predicted molar refractivity (Wildman–Crippen MR) is 72.0 cm³/mol. The van der Waals surface area contributed by atoms with Crippen molar-refractivity contribution in [1.82, 2.24) is 0 Å². The summed E-state index contributed by atoms with van der Waals surface area (Å²) < 4.78 is 5.35. The maximum atomic E-state index is 10.1. The van der Waals surface area contributed by atoms with E-state index in [2.05, 4.69) is 27.7 Å². The van der Waals surface area contributed by atoms with E-state index in [0.29, 0.717) is 17.3 Å². The monoisotopic (exact) mass is 242 g/mol. The lowest BCUT2D eigenvalue weighted by molar-refractivity contribution is 0.0373. The maximum Gasteiger partial charge on any atom is 0.0545 e. The van der Waals surface area contributed by atoms with Crippen LogP contribution in [-0.2, 0) is 4.74 Å². The highest BCUT2D eigenvalue weighted by Gasteiger charge is 2.21. The number of aliphatic hydroxyl groups is 1. The van der Waals surface area contributed by atoms with Gasteiger partial charge in [-0.05, 0) is 49.4 Å². The first-order valence-electron chi connectivity index (χ1n) is 7.12. The topological polar surface area (TPSA) is 29.5 Å². The van der Waals surface area contributed by atoms with Crippen molar-refractivity contribution in [1.29, 1.82) is 0 Å². The Hall–Kier alpha value is -0.0800. The van der Waals surface area contributed by atoms with Gasteiger partial charge in [0.15, 0.2) is 0 Å². The van der Waals surface area contributed by atoms with E-state index in [0.717, 1.165) is 38.9 Å². The van der Waals surface area contributed by atoms with Gasteiger partial charge in [-0.2, -0.15) is 0 Å². The van der Waals surface area contributed by atoms with E-state index in [9.17, 15) is 5.11 Å². The molecule has 0 amide bonds. The minimum absolute atomic E-state index is 0.115. The van der Waals surface area contributed by atoms with Gasteiger partial charge in [0.1, 0.15) is 0 Å². The maximum absolute atomic E-state index is 10.1. The van der Waals surface area contributed by atoms with Crippen LogP contribution in [0.5, 0.6) is 0 Å². The largest absolute Gasteiger partial charge is 0.393 e. The Balaban J connectivity index is 2.21. The average molecular weight is 242 g/mol. The predicted octanol–water partition coefficient (Wildman–Crippen LogP) is 3.63. The van der Waals surface area contributed by atoms with Gasteiger partial charge >= 0.3 is 0 Å². The molecule has 17 heavy (non-hydrogen) atoms. The van der Waals surface area contributed by atoms with E-state index in [1.807, 2.05) is 0 Å². The lowest BCUT2D eigenvalue weighted by Crippen LogP contribution is -2.23. The van der Waals surface area contributed by atoms with Crippen LogP contribution in [0.25, 0.3) is 0 Å². The fourth-order valence-corrected chi connectivity index (χ4v) is 3.06. The molecule has 2 atom stereocenters. The molecular formula is C15H30O2. The SMILES string of the molecule is CC(CC(O)CC1CCOCC1)CC(C)(C)C. The Morgan fingerprint density at radius 2 is 1.82 bits per heavy atom. The van der Waals surface area contributed by atoms with Gasteiger partial charge in [0.2, 0.25) is 0 Å². The second-order valence-electron chi connectivity index (χ2n) is 7.05. The van der Waals surface area contributed by atoms with E-state index in [1.54, 1.807) is 0 Å². The minimum atomic E-state index is -0.115. The second kappa shape index (κ2) is 6.75. The van der Waals surface area contributed by atoms with Crippen LogP contribution in [0.2, 0.25) is 0 Å². The first-order chi connectivity index (χ1) is 7.87. The van der Waals surface area contributed by atoms with E-state index >= 15 is 0 Å². The van der Waals surface area contributed by atoms with Crippen molar-refractivity contribution in [2.45, 2.75) is 65.9 Å². The molecule has 0 saturated carbocycles. The molecule has 0 radical (unpaired) electrons. The molecule has 0 aromatic heterocycles. The quantitative estimate of drug-likeness (QED) is 0.798. The van der Waals surface area contributed by atoms with Crippen LogP contribution in [0.1, 0.15) is 59.8 Å². The van der Waals surface area contributed by atoms with Crippen LogP contribution in [-0.4, -0.2) is 24.4 Å². The number of hydrogen-bond acceptors (Lipinski definition) is 2. The molecule has 1 aliphatic heterocycles. The number of aliphatic hydroxyl groups excluding tert-OH is 1. The lowest BCUT2D eigenvalue weighted by atomic mass is 9.82. The summed E-state index contributed by atoms with van der Waals surface area (Å²) in [5.74, 6) is 1.30. The van der Waals surface area contributed by atoms with E-state index < -0.39 is 0 Å². The van der Waals surface area contributed by atoms with Crippen LogP contribution >= 0.6 is 0 Å². The Kier molecular flexibility index (Phi) is 5.94. The first kappa shape index (κ1) is 15.0. The minimum Gasteiger partial charge on any atom is -0.393 e. The van der Waals surface area contributed by atoms with Gasteiger partial charge in [0, 0.05) is 13.2 Å². The van der Waals surface area contributed by atoms with Crippen molar-refractivity contribution in [3.05, 3.63) is 0 Å². The van der Waals surface area contributed by atoms with Crippen molar-refractivity contribution in [3.8, 4) is 0 Å². The zero-order valence-electron chi connectivity index (χ0n) is 12.0. The van der Waals surface area contributed by atoms with Crippen molar-refractivity contribution < 1.29 is 9.84 Å². The normalized spacial score (nSPS) is 22.4. The highest BCUT2D eigenvalue weighted by atomic mass is 16.5. The third-order valence-electron chi connectivity index (χ3n) is 3.58. The molecule has 1 saturated heterocycles. The molecule has 0 aromatic carbocycles. The molecule has 0 bridgehead atoms. The molecule has 1 heterocycles. The van der Waals surface area contributed by atoms with Crippen molar-refractivity contribution in [3.63, 3.8) is 0 Å². The lowest BCUT2D eigenvalue weighted by Gasteiger charge is -2.28. The molecule has 2 nitrogen and oxygen atoms in total. The highest BCUT2D eigenvalue weighted by Crippen LogP contribution is 2.29. The molecule has 0 aliphatic carbocycles. The van der Waals surface area contributed by atoms with Gasteiger partial charge in [0.25, 0.3) is 0 Å². The Morgan fingerprint density at radius 3 is 2.35 bits per heavy atom. The summed E-state index contributed by atoms with van der Waals surface area (Å²) in [6.07, 6.45) is 5.26. The van der Waals surface area contributed by atoms with E-state index in [1.165, 1.54) is 6.42 Å². The summed E-state index contributed by atoms with van der Waals surface area (Å²) in [4.78, 5) is 0. The van der Waals surface area contributed by atoms with E-state index in [4.69, 9.17) is 4.74 Å². The average Bonchev–Trinajstić information content (AvgIpc) is 2.15. The summed E-state index contributed by atoms with van der Waals surface area (Å²) in [7, 11) is 0. The van der Waals surface area contributed by atoms with Gasteiger partial charge in [0.05, 0.1) is 6.10 Å². The molecule has 1 rings (SSSR count). The van der Waals surface area contributed by atoms with Crippen LogP contribution in [0.4, 0.5) is 0 Å². The smallest absolute Gasteiger partial charge is 0.0545 e. The van der Waals surface area contributed by atoms with Crippen molar-refractivity contribution >= 4 is 0 Å². The van der Waals surface area contributed by atoms with Crippen LogP contribution in [0.15, 0.2) is 0 Å². The summed E-state index contributed by atoms with van der Waals surface area (Å²) in [6, 6.07) is 0. The molecule has 1 aliphatic rings. The Bertz CT molecular complexity index is 201. The molecule has 2 unspecified atom stereocenters. The molecule has 1 fully saturated rings. The van der Waals surface area contributed by atoms with Gasteiger partial charge in [-0.15, -0.1) is 0 Å². The van der Waals surface area contributed by atoms with Crippen molar-refractivity contribution in [2.24, 2.45) is 17.3 Å². The molecule has 0 spiro atoms. The summed E-state index contributed by atoms with van der Waals surface area (Å²) >= 11 is 0. The van der Waals surface area contributed by atoms with Gasteiger partial charge in [-0.1, -0.05) is 27.7 Å². The van der Waals surface area contributed by atoms with Gasteiger partial charge in [-0.3, -0.25) is 0 Å². The molecule has 102 valence electrons. The Labute approximate surface area is 107 Å².